The fourth-order valence-electron chi connectivity index (χ4n) is 1.51. The molecule has 0 aliphatic heterocycles. The van der Waals surface area contributed by atoms with Gasteiger partial charge in [-0.2, -0.15) is 0 Å². The lowest BCUT2D eigenvalue weighted by Crippen LogP contribution is -2.28. The minimum absolute atomic E-state index is 0.124. The zero-order valence-corrected chi connectivity index (χ0v) is 11.6. The molecule has 0 bridgehead atoms. The fourth-order valence-corrected chi connectivity index (χ4v) is 1.51. The second-order valence-electron chi connectivity index (χ2n) is 4.21. The van der Waals surface area contributed by atoms with E-state index in [-0.39, 0.29) is 30.9 Å². The van der Waals surface area contributed by atoms with Crippen LogP contribution in [0.5, 0.6) is 0 Å². The Hall–Kier alpha value is -2.37. The van der Waals surface area contributed by atoms with Gasteiger partial charge in [0.05, 0.1) is 6.54 Å². The van der Waals surface area contributed by atoms with Crippen molar-refractivity contribution >= 4 is 17.8 Å². The van der Waals surface area contributed by atoms with Crippen molar-refractivity contribution in [2.45, 2.75) is 20.4 Å². The van der Waals surface area contributed by atoms with Gasteiger partial charge >= 0.3 is 5.97 Å². The van der Waals surface area contributed by atoms with Crippen LogP contribution in [0.4, 0.5) is 0 Å². The van der Waals surface area contributed by atoms with Crippen LogP contribution in [0.25, 0.3) is 0 Å². The first kappa shape index (κ1) is 15.7. The van der Waals surface area contributed by atoms with Crippen molar-refractivity contribution in [3.8, 4) is 0 Å². The highest BCUT2D eigenvalue weighted by Crippen LogP contribution is 2.05. The molecular weight excluding hydrogens is 260 g/mol. The van der Waals surface area contributed by atoms with E-state index in [1.54, 1.807) is 18.2 Å². The zero-order valence-electron chi connectivity index (χ0n) is 11.6. The van der Waals surface area contributed by atoms with Gasteiger partial charge in [-0.1, -0.05) is 12.1 Å². The van der Waals surface area contributed by atoms with Gasteiger partial charge in [-0.25, -0.2) is 0 Å². The average Bonchev–Trinajstić information content (AvgIpc) is 2.41. The maximum atomic E-state index is 11.8. The monoisotopic (exact) mass is 278 g/mol. The number of rotatable bonds is 6. The lowest BCUT2D eigenvalue weighted by atomic mass is 10.1. The molecule has 6 nitrogen and oxygen atoms in total. The van der Waals surface area contributed by atoms with Gasteiger partial charge in [-0.15, -0.1) is 0 Å². The molecule has 0 heterocycles. The standard InChI is InChI=1S/C14H18N2O4/c1-10(17)16-9-12-4-3-5-13(8-12)14(19)15-6-7-20-11(2)18/h3-5,8H,6-7,9H2,1-2H3,(H,15,19)(H,16,17). The predicted octanol–water partition coefficient (Wildman–Crippen LogP) is 0.616. The van der Waals surface area contributed by atoms with Crippen LogP contribution in [-0.4, -0.2) is 30.9 Å². The lowest BCUT2D eigenvalue weighted by Gasteiger charge is -2.07. The summed E-state index contributed by atoms with van der Waals surface area (Å²) in [7, 11) is 0. The molecule has 2 amide bonds. The topological polar surface area (TPSA) is 84.5 Å². The second-order valence-corrected chi connectivity index (χ2v) is 4.21. The van der Waals surface area contributed by atoms with Crippen LogP contribution >= 0.6 is 0 Å². The molecule has 0 aliphatic carbocycles. The van der Waals surface area contributed by atoms with E-state index >= 15 is 0 Å². The van der Waals surface area contributed by atoms with Crippen LogP contribution in [0, 0.1) is 0 Å². The quantitative estimate of drug-likeness (QED) is 0.590. The lowest BCUT2D eigenvalue weighted by molar-refractivity contribution is -0.140. The van der Waals surface area contributed by atoms with Gasteiger partial charge in [-0.05, 0) is 17.7 Å². The number of hydrogen-bond donors (Lipinski definition) is 2. The first-order chi connectivity index (χ1) is 9.49. The Bertz CT molecular complexity index is 500. The first-order valence-corrected chi connectivity index (χ1v) is 6.24. The van der Waals surface area contributed by atoms with Gasteiger partial charge in [0.15, 0.2) is 0 Å². The van der Waals surface area contributed by atoms with E-state index in [9.17, 15) is 14.4 Å². The smallest absolute Gasteiger partial charge is 0.302 e. The third-order valence-electron chi connectivity index (χ3n) is 2.42. The van der Waals surface area contributed by atoms with Crippen LogP contribution in [0.2, 0.25) is 0 Å². The molecule has 0 atom stereocenters. The molecule has 0 aromatic heterocycles. The zero-order chi connectivity index (χ0) is 15.0. The molecular formula is C14H18N2O4. The summed E-state index contributed by atoms with van der Waals surface area (Å²) in [6.07, 6.45) is 0. The maximum absolute atomic E-state index is 11.8. The Morgan fingerprint density at radius 2 is 1.90 bits per heavy atom. The van der Waals surface area contributed by atoms with Crippen molar-refractivity contribution in [1.29, 1.82) is 0 Å². The molecule has 108 valence electrons. The number of esters is 1. The molecule has 1 aromatic rings. The Kier molecular flexibility index (Phi) is 6.22. The third kappa shape index (κ3) is 5.99. The van der Waals surface area contributed by atoms with Crippen LogP contribution in [0.1, 0.15) is 29.8 Å². The van der Waals surface area contributed by atoms with E-state index in [0.29, 0.717) is 12.1 Å². The van der Waals surface area contributed by atoms with Crippen molar-refractivity contribution in [1.82, 2.24) is 10.6 Å². The van der Waals surface area contributed by atoms with E-state index in [4.69, 9.17) is 4.74 Å². The molecule has 20 heavy (non-hydrogen) atoms. The average molecular weight is 278 g/mol. The largest absolute Gasteiger partial charge is 0.464 e. The molecule has 0 unspecified atom stereocenters. The maximum Gasteiger partial charge on any atom is 0.302 e. The van der Waals surface area contributed by atoms with Crippen LogP contribution in [-0.2, 0) is 20.9 Å². The summed E-state index contributed by atoms with van der Waals surface area (Å²) in [5, 5.41) is 5.31. The van der Waals surface area contributed by atoms with Crippen molar-refractivity contribution in [2.24, 2.45) is 0 Å². The van der Waals surface area contributed by atoms with Crippen molar-refractivity contribution in [2.75, 3.05) is 13.2 Å². The molecule has 2 N–H and O–H groups in total. The summed E-state index contributed by atoms with van der Waals surface area (Å²) < 4.78 is 4.72. The highest BCUT2D eigenvalue weighted by molar-refractivity contribution is 5.94. The van der Waals surface area contributed by atoms with Crippen molar-refractivity contribution < 1.29 is 19.1 Å². The number of amides is 2. The van der Waals surface area contributed by atoms with Crippen LogP contribution in [0.3, 0.4) is 0 Å². The Morgan fingerprint density at radius 1 is 1.15 bits per heavy atom. The van der Waals surface area contributed by atoms with E-state index in [2.05, 4.69) is 10.6 Å². The van der Waals surface area contributed by atoms with Crippen molar-refractivity contribution in [3.05, 3.63) is 35.4 Å². The number of carbonyl (C=O) groups is 3. The Balaban J connectivity index is 2.49. The molecule has 0 saturated carbocycles. The van der Waals surface area contributed by atoms with Crippen LogP contribution in [0.15, 0.2) is 24.3 Å². The van der Waals surface area contributed by atoms with Crippen LogP contribution < -0.4 is 10.6 Å². The molecule has 0 radical (unpaired) electrons. The van der Waals surface area contributed by atoms with Gasteiger partial charge in [0.2, 0.25) is 5.91 Å². The predicted molar refractivity (Wildman–Crippen MR) is 72.9 cm³/mol. The summed E-state index contributed by atoms with van der Waals surface area (Å²) in [6, 6.07) is 6.96. The first-order valence-electron chi connectivity index (χ1n) is 6.24. The van der Waals surface area contributed by atoms with Crippen molar-refractivity contribution in [3.63, 3.8) is 0 Å². The SMILES string of the molecule is CC(=O)NCc1cccc(C(=O)NCCOC(C)=O)c1. The van der Waals surface area contributed by atoms with E-state index in [0.717, 1.165) is 5.56 Å². The molecule has 0 saturated heterocycles. The molecule has 0 spiro atoms. The number of ether oxygens (including phenoxy) is 1. The summed E-state index contributed by atoms with van der Waals surface area (Å²) >= 11 is 0. The Morgan fingerprint density at radius 3 is 2.55 bits per heavy atom. The molecule has 0 aliphatic rings. The highest BCUT2D eigenvalue weighted by Gasteiger charge is 2.06. The molecule has 1 aromatic carbocycles. The van der Waals surface area contributed by atoms with Gasteiger partial charge in [-0.3, -0.25) is 14.4 Å². The fraction of sp³-hybridized carbons (Fsp3) is 0.357. The van der Waals surface area contributed by atoms with Gasteiger partial charge < -0.3 is 15.4 Å². The number of carbonyl (C=O) groups excluding carboxylic acids is 3. The minimum atomic E-state index is -0.378. The number of hydrogen-bond acceptors (Lipinski definition) is 4. The number of nitrogens with one attached hydrogen (secondary N) is 2. The summed E-state index contributed by atoms with van der Waals surface area (Å²) in [6.45, 7) is 3.53. The van der Waals surface area contributed by atoms with E-state index < -0.39 is 0 Å². The Labute approximate surface area is 117 Å². The highest BCUT2D eigenvalue weighted by atomic mass is 16.5. The second kappa shape index (κ2) is 7.93. The molecule has 0 fully saturated rings. The van der Waals surface area contributed by atoms with Gasteiger partial charge in [0.25, 0.3) is 5.91 Å². The minimum Gasteiger partial charge on any atom is -0.464 e. The normalized spacial score (nSPS) is 9.70. The summed E-state index contributed by atoms with van der Waals surface area (Å²) in [4.78, 5) is 33.2. The third-order valence-corrected chi connectivity index (χ3v) is 2.42. The molecule has 1 rings (SSSR count). The van der Waals surface area contributed by atoms with Gasteiger partial charge in [0.1, 0.15) is 6.61 Å². The van der Waals surface area contributed by atoms with E-state index in [1.807, 2.05) is 6.07 Å². The summed E-state index contributed by atoms with van der Waals surface area (Å²) in [5.74, 6) is -0.750. The van der Waals surface area contributed by atoms with Gasteiger partial charge in [0, 0.05) is 26.0 Å². The molecule has 6 heteroatoms. The number of benzene rings is 1. The summed E-state index contributed by atoms with van der Waals surface area (Å²) in [5.41, 5.74) is 1.34. The van der Waals surface area contributed by atoms with E-state index in [1.165, 1.54) is 13.8 Å².